The Balaban J connectivity index is 1.65. The maximum atomic E-state index is 13.1. The summed E-state index contributed by atoms with van der Waals surface area (Å²) < 4.78 is 1.94. The van der Waals surface area contributed by atoms with Crippen LogP contribution in [0, 0.1) is 5.92 Å². The normalized spacial score (nSPS) is 17.3. The fraction of sp³-hybridized carbons (Fsp3) is 0.571. The Morgan fingerprint density at radius 2 is 2.19 bits per heavy atom. The third kappa shape index (κ3) is 5.08. The van der Waals surface area contributed by atoms with E-state index in [4.69, 9.17) is 0 Å². The molecule has 3 heterocycles. The van der Waals surface area contributed by atoms with Crippen molar-refractivity contribution in [2.24, 2.45) is 5.92 Å². The van der Waals surface area contributed by atoms with Crippen LogP contribution >= 0.6 is 0 Å². The highest BCUT2D eigenvalue weighted by Gasteiger charge is 2.27. The number of anilines is 1. The number of hydrogen-bond donors (Lipinski definition) is 0. The summed E-state index contributed by atoms with van der Waals surface area (Å²) in [4.78, 5) is 21.8. The molecule has 0 radical (unpaired) electrons. The van der Waals surface area contributed by atoms with Crippen molar-refractivity contribution < 1.29 is 4.79 Å². The van der Waals surface area contributed by atoms with Crippen molar-refractivity contribution in [2.45, 2.75) is 52.1 Å². The molecule has 1 aliphatic heterocycles. The summed E-state index contributed by atoms with van der Waals surface area (Å²) in [6.07, 6.45) is 9.77. The lowest BCUT2D eigenvalue weighted by atomic mass is 9.98. The number of hydrogen-bond acceptors (Lipinski definition) is 4. The number of amides is 1. The van der Waals surface area contributed by atoms with E-state index in [2.05, 4.69) is 28.8 Å². The second-order valence-electron chi connectivity index (χ2n) is 7.89. The highest BCUT2D eigenvalue weighted by molar-refractivity contribution is 5.94. The predicted octanol–water partition coefficient (Wildman–Crippen LogP) is 3.46. The molecule has 2 aromatic heterocycles. The van der Waals surface area contributed by atoms with Gasteiger partial charge in [-0.25, -0.2) is 4.98 Å². The standard InChI is InChI=1S/C21H31N5O/c1-17(2)16-24(3)20-9-8-18(15-22-20)21(27)26-13-5-4-7-19(26)10-14-25-12-6-11-23-25/h6,8-9,11-12,15,17,19H,4-5,7,10,13-14,16H2,1-3H3/t19-/m1/s1. The lowest BCUT2D eigenvalue weighted by Gasteiger charge is -2.36. The zero-order valence-electron chi connectivity index (χ0n) is 16.7. The molecule has 1 fully saturated rings. The molecule has 0 saturated carbocycles. The van der Waals surface area contributed by atoms with Gasteiger partial charge in [0.1, 0.15) is 5.82 Å². The molecule has 6 nitrogen and oxygen atoms in total. The Labute approximate surface area is 162 Å². The van der Waals surface area contributed by atoms with Crippen molar-refractivity contribution >= 4 is 11.7 Å². The van der Waals surface area contributed by atoms with Crippen molar-refractivity contribution in [1.82, 2.24) is 19.7 Å². The van der Waals surface area contributed by atoms with Crippen LogP contribution < -0.4 is 4.90 Å². The highest BCUT2D eigenvalue weighted by atomic mass is 16.2. The van der Waals surface area contributed by atoms with Gasteiger partial charge in [0.05, 0.1) is 5.56 Å². The summed E-state index contributed by atoms with van der Waals surface area (Å²) >= 11 is 0. The molecule has 1 aliphatic rings. The summed E-state index contributed by atoms with van der Waals surface area (Å²) in [5.74, 6) is 1.59. The van der Waals surface area contributed by atoms with Crippen LogP contribution in [-0.4, -0.2) is 51.8 Å². The minimum atomic E-state index is 0.103. The molecule has 2 aromatic rings. The van der Waals surface area contributed by atoms with Gasteiger partial charge in [-0.3, -0.25) is 9.48 Å². The molecule has 146 valence electrons. The van der Waals surface area contributed by atoms with Gasteiger partial charge in [-0.15, -0.1) is 0 Å². The van der Waals surface area contributed by atoms with Gasteiger partial charge < -0.3 is 9.80 Å². The Morgan fingerprint density at radius 3 is 2.85 bits per heavy atom. The van der Waals surface area contributed by atoms with E-state index >= 15 is 0 Å². The van der Waals surface area contributed by atoms with Crippen LogP contribution in [0.15, 0.2) is 36.8 Å². The van der Waals surface area contributed by atoms with Gasteiger partial charge in [-0.2, -0.15) is 5.10 Å². The summed E-state index contributed by atoms with van der Waals surface area (Å²) in [5, 5.41) is 4.27. The van der Waals surface area contributed by atoms with Crippen LogP contribution in [0.1, 0.15) is 49.9 Å². The van der Waals surface area contributed by atoms with Crippen LogP contribution in [0.3, 0.4) is 0 Å². The lowest BCUT2D eigenvalue weighted by Crippen LogP contribution is -2.44. The van der Waals surface area contributed by atoms with Crippen LogP contribution in [0.2, 0.25) is 0 Å². The summed E-state index contributed by atoms with van der Waals surface area (Å²) in [7, 11) is 2.04. The van der Waals surface area contributed by atoms with E-state index in [0.29, 0.717) is 11.5 Å². The number of nitrogens with zero attached hydrogens (tertiary/aromatic N) is 5. The SMILES string of the molecule is CC(C)CN(C)c1ccc(C(=O)N2CCCC[C@@H]2CCn2cccn2)cn1. The second-order valence-corrected chi connectivity index (χ2v) is 7.89. The Kier molecular flexibility index (Phi) is 6.48. The van der Waals surface area contributed by atoms with Crippen molar-refractivity contribution in [3.05, 3.63) is 42.4 Å². The monoisotopic (exact) mass is 369 g/mol. The van der Waals surface area contributed by atoms with Gasteiger partial charge in [-0.05, 0) is 49.8 Å². The van der Waals surface area contributed by atoms with Crippen molar-refractivity contribution in [3.63, 3.8) is 0 Å². The molecule has 0 N–H and O–H groups in total. The Bertz CT molecular complexity index is 711. The van der Waals surface area contributed by atoms with Gasteiger partial charge in [0.2, 0.25) is 0 Å². The lowest BCUT2D eigenvalue weighted by molar-refractivity contribution is 0.0593. The first-order valence-electron chi connectivity index (χ1n) is 10.00. The molecular formula is C21H31N5O. The molecule has 1 atom stereocenters. The maximum Gasteiger partial charge on any atom is 0.255 e. The Morgan fingerprint density at radius 1 is 1.33 bits per heavy atom. The molecule has 0 bridgehead atoms. The topological polar surface area (TPSA) is 54.3 Å². The quantitative estimate of drug-likeness (QED) is 0.750. The number of likely N-dealkylation sites (tertiary alicyclic amines) is 1. The van der Waals surface area contributed by atoms with E-state index in [9.17, 15) is 4.79 Å². The molecule has 6 heteroatoms. The number of carbonyl (C=O) groups is 1. The van der Waals surface area contributed by atoms with Gasteiger partial charge in [0, 0.05) is 51.3 Å². The van der Waals surface area contributed by atoms with Crippen molar-refractivity contribution in [2.75, 3.05) is 25.0 Å². The minimum Gasteiger partial charge on any atom is -0.359 e. The first-order chi connectivity index (χ1) is 13.0. The molecule has 3 rings (SSSR count). The largest absolute Gasteiger partial charge is 0.359 e. The van der Waals surface area contributed by atoms with Crippen LogP contribution in [0.4, 0.5) is 5.82 Å². The molecule has 0 aliphatic carbocycles. The summed E-state index contributed by atoms with van der Waals surface area (Å²) in [6.45, 7) is 7.00. The molecule has 1 amide bonds. The summed E-state index contributed by atoms with van der Waals surface area (Å²) in [6, 6.07) is 6.09. The van der Waals surface area contributed by atoms with Gasteiger partial charge in [0.15, 0.2) is 0 Å². The van der Waals surface area contributed by atoms with Crippen molar-refractivity contribution in [3.8, 4) is 0 Å². The van der Waals surface area contributed by atoms with Crippen molar-refractivity contribution in [1.29, 1.82) is 0 Å². The van der Waals surface area contributed by atoms with Crippen LogP contribution in [0.25, 0.3) is 0 Å². The Hall–Kier alpha value is -2.37. The minimum absolute atomic E-state index is 0.103. The van der Waals surface area contributed by atoms with Crippen LogP contribution in [-0.2, 0) is 6.54 Å². The average molecular weight is 370 g/mol. The fourth-order valence-electron chi connectivity index (χ4n) is 3.83. The van der Waals surface area contributed by atoms with Gasteiger partial charge >= 0.3 is 0 Å². The molecule has 0 spiro atoms. The molecular weight excluding hydrogens is 338 g/mol. The smallest absolute Gasteiger partial charge is 0.255 e. The van der Waals surface area contributed by atoms with Gasteiger partial charge in [0.25, 0.3) is 5.91 Å². The third-order valence-electron chi connectivity index (χ3n) is 5.16. The third-order valence-corrected chi connectivity index (χ3v) is 5.16. The number of aromatic nitrogens is 3. The van der Waals surface area contributed by atoms with E-state index < -0.39 is 0 Å². The van der Waals surface area contributed by atoms with Crippen LogP contribution in [0.5, 0.6) is 0 Å². The number of piperidine rings is 1. The first kappa shape index (κ1) is 19.4. The van der Waals surface area contributed by atoms with E-state index in [1.165, 1.54) is 6.42 Å². The van der Waals surface area contributed by atoms with E-state index in [-0.39, 0.29) is 11.9 Å². The van der Waals surface area contributed by atoms with E-state index in [0.717, 1.165) is 44.7 Å². The molecule has 1 saturated heterocycles. The molecule has 0 aromatic carbocycles. The number of rotatable bonds is 7. The fourth-order valence-corrected chi connectivity index (χ4v) is 3.83. The molecule has 0 unspecified atom stereocenters. The maximum absolute atomic E-state index is 13.1. The zero-order chi connectivity index (χ0) is 19.2. The number of aryl methyl sites for hydroxylation is 1. The second kappa shape index (κ2) is 9.02. The first-order valence-corrected chi connectivity index (χ1v) is 10.00. The van der Waals surface area contributed by atoms with E-state index in [1.807, 2.05) is 41.0 Å². The van der Waals surface area contributed by atoms with E-state index in [1.54, 1.807) is 12.4 Å². The average Bonchev–Trinajstić information content (AvgIpc) is 3.19. The zero-order valence-corrected chi connectivity index (χ0v) is 16.7. The highest BCUT2D eigenvalue weighted by Crippen LogP contribution is 2.23. The molecule has 27 heavy (non-hydrogen) atoms. The number of pyridine rings is 1. The number of carbonyl (C=O) groups excluding carboxylic acids is 1. The van der Waals surface area contributed by atoms with Gasteiger partial charge in [-0.1, -0.05) is 13.8 Å². The predicted molar refractivity (Wildman–Crippen MR) is 108 cm³/mol. The summed E-state index contributed by atoms with van der Waals surface area (Å²) in [5.41, 5.74) is 0.683.